The molecule has 370 valence electrons. The maximum atomic E-state index is 12.8. The summed E-state index contributed by atoms with van der Waals surface area (Å²) in [7, 11) is 0. The number of rotatable bonds is 51. The second-order valence-electron chi connectivity index (χ2n) is 18.8. The predicted molar refractivity (Wildman–Crippen MR) is 270 cm³/mol. The lowest BCUT2D eigenvalue weighted by molar-refractivity contribution is -0.167. The van der Waals surface area contributed by atoms with Gasteiger partial charge in [0.05, 0.1) is 0 Å². The second-order valence-corrected chi connectivity index (χ2v) is 18.8. The molecule has 0 aliphatic rings. The Morgan fingerprint density at radius 2 is 0.524 bits per heavy atom. The summed E-state index contributed by atoms with van der Waals surface area (Å²) >= 11 is 0. The molecule has 0 fully saturated rings. The lowest BCUT2D eigenvalue weighted by Gasteiger charge is -2.18. The third-order valence-corrected chi connectivity index (χ3v) is 12.4. The highest BCUT2D eigenvalue weighted by atomic mass is 16.6. The number of carbonyl (C=O) groups is 3. The zero-order valence-electron chi connectivity index (χ0n) is 42.4. The van der Waals surface area contributed by atoms with Crippen LogP contribution in [0.4, 0.5) is 0 Å². The van der Waals surface area contributed by atoms with Crippen molar-refractivity contribution in [2.45, 2.75) is 309 Å². The third-order valence-electron chi connectivity index (χ3n) is 12.4. The van der Waals surface area contributed by atoms with Gasteiger partial charge in [-0.1, -0.05) is 238 Å². The van der Waals surface area contributed by atoms with Crippen molar-refractivity contribution in [3.8, 4) is 0 Å². The van der Waals surface area contributed by atoms with E-state index >= 15 is 0 Å². The molecule has 0 aromatic heterocycles. The molecule has 0 bridgehead atoms. The Hall–Kier alpha value is -2.11. The Kier molecular flexibility index (Phi) is 50.8. The highest BCUT2D eigenvalue weighted by Gasteiger charge is 2.19. The summed E-state index contributed by atoms with van der Waals surface area (Å²) in [5.74, 6) is -0.862. The molecule has 0 rings (SSSR count). The molecular formula is C57H106O6. The average Bonchev–Trinajstić information content (AvgIpc) is 3.28. The van der Waals surface area contributed by atoms with Gasteiger partial charge in [-0.2, -0.15) is 0 Å². The largest absolute Gasteiger partial charge is 0.462 e. The van der Waals surface area contributed by atoms with E-state index in [1.54, 1.807) is 0 Å². The molecular weight excluding hydrogens is 781 g/mol. The molecule has 6 heteroatoms. The van der Waals surface area contributed by atoms with Crippen molar-refractivity contribution in [2.75, 3.05) is 13.2 Å². The van der Waals surface area contributed by atoms with Crippen LogP contribution in [0.1, 0.15) is 303 Å². The van der Waals surface area contributed by atoms with Gasteiger partial charge in [0, 0.05) is 19.3 Å². The van der Waals surface area contributed by atoms with E-state index in [0.717, 1.165) is 57.8 Å². The molecule has 0 spiro atoms. The number of carbonyl (C=O) groups excluding carboxylic acids is 3. The van der Waals surface area contributed by atoms with Gasteiger partial charge in [0.2, 0.25) is 0 Å². The van der Waals surface area contributed by atoms with Gasteiger partial charge in [-0.05, 0) is 70.6 Å². The molecule has 63 heavy (non-hydrogen) atoms. The van der Waals surface area contributed by atoms with Crippen molar-refractivity contribution in [3.05, 3.63) is 24.3 Å². The summed E-state index contributed by atoms with van der Waals surface area (Å²) in [6, 6.07) is 0. The van der Waals surface area contributed by atoms with E-state index in [-0.39, 0.29) is 31.1 Å². The summed E-state index contributed by atoms with van der Waals surface area (Å²) < 4.78 is 16.8. The van der Waals surface area contributed by atoms with Crippen LogP contribution < -0.4 is 0 Å². The van der Waals surface area contributed by atoms with Crippen molar-refractivity contribution >= 4 is 17.9 Å². The number of hydrogen-bond acceptors (Lipinski definition) is 6. The fourth-order valence-electron chi connectivity index (χ4n) is 8.20. The van der Waals surface area contributed by atoms with Crippen LogP contribution in [-0.4, -0.2) is 37.2 Å². The first-order valence-corrected chi connectivity index (χ1v) is 27.8. The minimum absolute atomic E-state index is 0.0702. The topological polar surface area (TPSA) is 78.9 Å². The molecule has 0 aromatic rings. The number of allylic oxidation sites excluding steroid dienone is 4. The molecule has 0 saturated carbocycles. The molecule has 0 aromatic carbocycles. The first kappa shape index (κ1) is 60.9. The summed E-state index contributed by atoms with van der Waals surface area (Å²) in [5, 5.41) is 0. The van der Waals surface area contributed by atoms with Gasteiger partial charge in [0.1, 0.15) is 13.2 Å². The highest BCUT2D eigenvalue weighted by molar-refractivity contribution is 5.71. The van der Waals surface area contributed by atoms with Crippen molar-refractivity contribution < 1.29 is 28.6 Å². The van der Waals surface area contributed by atoms with Gasteiger partial charge < -0.3 is 14.2 Å². The fourth-order valence-corrected chi connectivity index (χ4v) is 8.20. The zero-order chi connectivity index (χ0) is 45.8. The fraction of sp³-hybridized carbons (Fsp3) is 0.877. The maximum Gasteiger partial charge on any atom is 0.306 e. The first-order chi connectivity index (χ1) is 31.0. The van der Waals surface area contributed by atoms with Crippen LogP contribution in [0, 0.1) is 0 Å². The van der Waals surface area contributed by atoms with Crippen LogP contribution in [0.3, 0.4) is 0 Å². The van der Waals surface area contributed by atoms with E-state index in [4.69, 9.17) is 14.2 Å². The quantitative estimate of drug-likeness (QED) is 0.0262. The summed E-state index contributed by atoms with van der Waals surface area (Å²) in [4.78, 5) is 38.1. The normalized spacial score (nSPS) is 12.1. The van der Waals surface area contributed by atoms with Gasteiger partial charge in [0.15, 0.2) is 6.10 Å². The summed E-state index contributed by atoms with van der Waals surface area (Å²) in [6.07, 6.45) is 60.1. The molecule has 6 nitrogen and oxygen atoms in total. The lowest BCUT2D eigenvalue weighted by Crippen LogP contribution is -2.30. The minimum Gasteiger partial charge on any atom is -0.462 e. The minimum atomic E-state index is -0.771. The average molecular weight is 887 g/mol. The van der Waals surface area contributed by atoms with Crippen LogP contribution in [-0.2, 0) is 28.6 Å². The van der Waals surface area contributed by atoms with E-state index in [0.29, 0.717) is 19.3 Å². The van der Waals surface area contributed by atoms with Crippen LogP contribution in [0.15, 0.2) is 24.3 Å². The highest BCUT2D eigenvalue weighted by Crippen LogP contribution is 2.16. The molecule has 0 radical (unpaired) electrons. The summed E-state index contributed by atoms with van der Waals surface area (Å²) in [6.45, 7) is 6.65. The molecule has 0 N–H and O–H groups in total. The standard InChI is InChI=1S/C57H106O6/c1-4-7-10-13-16-19-22-25-27-28-30-32-35-38-41-44-47-50-56(59)62-53-54(52-61-55(58)49-46-43-40-37-34-31-24-21-18-15-12-9-6-3)63-57(60)51-48-45-42-39-36-33-29-26-23-20-17-14-11-8-5-2/h20,23,25,27,54H,4-19,21-22,24,26,28-53H2,1-3H3/b23-20-,27-25-. The van der Waals surface area contributed by atoms with Crippen LogP contribution in [0.25, 0.3) is 0 Å². The van der Waals surface area contributed by atoms with Crippen molar-refractivity contribution in [1.82, 2.24) is 0 Å². The molecule has 1 atom stereocenters. The Morgan fingerprint density at radius 3 is 0.810 bits per heavy atom. The van der Waals surface area contributed by atoms with Crippen molar-refractivity contribution in [2.24, 2.45) is 0 Å². The lowest BCUT2D eigenvalue weighted by atomic mass is 10.0. The molecule has 0 saturated heterocycles. The number of hydrogen-bond donors (Lipinski definition) is 0. The number of ether oxygens (including phenoxy) is 3. The number of unbranched alkanes of at least 4 members (excludes halogenated alkanes) is 36. The van der Waals surface area contributed by atoms with Gasteiger partial charge in [-0.3, -0.25) is 14.4 Å². The Morgan fingerprint density at radius 1 is 0.302 bits per heavy atom. The van der Waals surface area contributed by atoms with Crippen molar-refractivity contribution in [3.63, 3.8) is 0 Å². The van der Waals surface area contributed by atoms with E-state index < -0.39 is 6.10 Å². The monoisotopic (exact) mass is 887 g/mol. The molecule has 0 aliphatic carbocycles. The third kappa shape index (κ3) is 50.7. The van der Waals surface area contributed by atoms with E-state index in [9.17, 15) is 14.4 Å². The first-order valence-electron chi connectivity index (χ1n) is 27.8. The van der Waals surface area contributed by atoms with Gasteiger partial charge in [-0.15, -0.1) is 0 Å². The molecule has 0 aliphatic heterocycles. The van der Waals surface area contributed by atoms with Gasteiger partial charge in [0.25, 0.3) is 0 Å². The van der Waals surface area contributed by atoms with E-state index in [1.165, 1.54) is 205 Å². The Labute approximate surface area is 392 Å². The zero-order valence-corrected chi connectivity index (χ0v) is 42.4. The van der Waals surface area contributed by atoms with Crippen molar-refractivity contribution in [1.29, 1.82) is 0 Å². The Bertz CT molecular complexity index is 1020. The van der Waals surface area contributed by atoms with Gasteiger partial charge in [-0.25, -0.2) is 0 Å². The smallest absolute Gasteiger partial charge is 0.306 e. The van der Waals surface area contributed by atoms with E-state index in [2.05, 4.69) is 45.1 Å². The second kappa shape index (κ2) is 52.5. The maximum absolute atomic E-state index is 12.8. The molecule has 0 heterocycles. The predicted octanol–water partition coefficient (Wildman–Crippen LogP) is 18.3. The van der Waals surface area contributed by atoms with Crippen LogP contribution >= 0.6 is 0 Å². The SMILES string of the molecule is CCCCCC/C=C\CCCCCCCCCC(=O)OC(COC(=O)CCCCCCCCC/C=C\CCCCCCCC)COC(=O)CCCCCCCCCCCCCCC. The molecule has 1 unspecified atom stereocenters. The van der Waals surface area contributed by atoms with Crippen LogP contribution in [0.5, 0.6) is 0 Å². The Balaban J connectivity index is 4.34. The van der Waals surface area contributed by atoms with Crippen LogP contribution in [0.2, 0.25) is 0 Å². The summed E-state index contributed by atoms with van der Waals surface area (Å²) in [5.41, 5.74) is 0. The van der Waals surface area contributed by atoms with E-state index in [1.807, 2.05) is 0 Å². The number of esters is 3. The molecule has 0 amide bonds. The van der Waals surface area contributed by atoms with Gasteiger partial charge >= 0.3 is 17.9 Å².